The first-order valence-electron chi connectivity index (χ1n) is 6.97. The van der Waals surface area contributed by atoms with E-state index in [1.807, 2.05) is 19.2 Å². The molecule has 0 radical (unpaired) electrons. The Labute approximate surface area is 119 Å². The van der Waals surface area contributed by atoms with Gasteiger partial charge in [0.2, 0.25) is 0 Å². The van der Waals surface area contributed by atoms with Gasteiger partial charge in [-0.1, -0.05) is 6.07 Å². The molecular formula is C14H22N4O2. The molecular weight excluding hydrogens is 256 g/mol. The monoisotopic (exact) mass is 278 g/mol. The van der Waals surface area contributed by atoms with Crippen molar-refractivity contribution < 1.29 is 9.53 Å². The standard InChI is InChI=1S/C14H22N4O2/c1-3-15-13-5-4-11(8-16-13)9-18-7-6-12(10-18)17-14(19)20-2/h4-5,8,12H,3,6-7,9-10H2,1-2H3,(H,15,16)(H,17,19). The summed E-state index contributed by atoms with van der Waals surface area (Å²) in [5.41, 5.74) is 1.19. The van der Waals surface area contributed by atoms with Crippen molar-refractivity contribution in [2.45, 2.75) is 25.9 Å². The van der Waals surface area contributed by atoms with Crippen LogP contribution in [0.5, 0.6) is 0 Å². The lowest BCUT2D eigenvalue weighted by Gasteiger charge is -2.16. The third kappa shape index (κ3) is 4.09. The zero-order valence-electron chi connectivity index (χ0n) is 12.1. The summed E-state index contributed by atoms with van der Waals surface area (Å²) in [6.45, 7) is 5.61. The number of rotatable bonds is 5. The molecule has 1 aromatic rings. The highest BCUT2D eigenvalue weighted by atomic mass is 16.5. The summed E-state index contributed by atoms with van der Waals surface area (Å²) in [4.78, 5) is 17.8. The summed E-state index contributed by atoms with van der Waals surface area (Å²) in [6, 6.07) is 4.27. The number of amides is 1. The highest BCUT2D eigenvalue weighted by molar-refractivity contribution is 5.67. The van der Waals surface area contributed by atoms with E-state index in [1.165, 1.54) is 12.7 Å². The first kappa shape index (κ1) is 14.6. The van der Waals surface area contributed by atoms with Crippen molar-refractivity contribution in [1.29, 1.82) is 0 Å². The smallest absolute Gasteiger partial charge is 0.407 e. The van der Waals surface area contributed by atoms with Gasteiger partial charge < -0.3 is 15.4 Å². The number of carbonyl (C=O) groups excluding carboxylic acids is 1. The van der Waals surface area contributed by atoms with Crippen molar-refractivity contribution in [2.75, 3.05) is 32.1 Å². The van der Waals surface area contributed by atoms with Crippen molar-refractivity contribution in [3.05, 3.63) is 23.9 Å². The molecule has 110 valence electrons. The first-order valence-corrected chi connectivity index (χ1v) is 6.97. The topological polar surface area (TPSA) is 66.5 Å². The molecule has 0 aromatic carbocycles. The van der Waals surface area contributed by atoms with Gasteiger partial charge in [0.25, 0.3) is 0 Å². The number of carbonyl (C=O) groups is 1. The summed E-state index contributed by atoms with van der Waals surface area (Å²) < 4.78 is 4.62. The second kappa shape index (κ2) is 7.09. The predicted octanol–water partition coefficient (Wildman–Crippen LogP) is 1.44. The number of methoxy groups -OCH3 is 1. The number of alkyl carbamates (subject to hydrolysis) is 1. The molecule has 0 bridgehead atoms. The molecule has 1 aromatic heterocycles. The van der Waals surface area contributed by atoms with Gasteiger partial charge in [0, 0.05) is 38.4 Å². The zero-order valence-corrected chi connectivity index (χ0v) is 12.1. The molecule has 1 unspecified atom stereocenters. The van der Waals surface area contributed by atoms with Crippen LogP contribution in [0.25, 0.3) is 0 Å². The Morgan fingerprint density at radius 3 is 3.05 bits per heavy atom. The van der Waals surface area contributed by atoms with Crippen molar-refractivity contribution in [1.82, 2.24) is 15.2 Å². The molecule has 0 aliphatic carbocycles. The predicted molar refractivity (Wildman–Crippen MR) is 77.6 cm³/mol. The number of hydrogen-bond acceptors (Lipinski definition) is 5. The van der Waals surface area contributed by atoms with Gasteiger partial charge >= 0.3 is 6.09 Å². The number of likely N-dealkylation sites (tertiary alicyclic amines) is 1. The highest BCUT2D eigenvalue weighted by Crippen LogP contribution is 2.14. The van der Waals surface area contributed by atoms with E-state index in [-0.39, 0.29) is 12.1 Å². The van der Waals surface area contributed by atoms with E-state index in [4.69, 9.17) is 0 Å². The summed E-state index contributed by atoms with van der Waals surface area (Å²) in [6.07, 6.45) is 2.50. The van der Waals surface area contributed by atoms with Crippen LogP contribution >= 0.6 is 0 Å². The highest BCUT2D eigenvalue weighted by Gasteiger charge is 2.23. The van der Waals surface area contributed by atoms with Crippen molar-refractivity contribution in [3.8, 4) is 0 Å². The second-order valence-electron chi connectivity index (χ2n) is 4.94. The second-order valence-corrected chi connectivity index (χ2v) is 4.94. The van der Waals surface area contributed by atoms with Crippen LogP contribution in [-0.4, -0.2) is 48.8 Å². The summed E-state index contributed by atoms with van der Waals surface area (Å²) >= 11 is 0. The maximum atomic E-state index is 11.2. The molecule has 1 saturated heterocycles. The largest absolute Gasteiger partial charge is 0.453 e. The van der Waals surface area contributed by atoms with Crippen molar-refractivity contribution >= 4 is 11.9 Å². The Kier molecular flexibility index (Phi) is 5.17. The van der Waals surface area contributed by atoms with Crippen LogP contribution in [0.15, 0.2) is 18.3 Å². The van der Waals surface area contributed by atoms with E-state index in [0.717, 1.165) is 38.4 Å². The molecule has 1 atom stereocenters. The van der Waals surface area contributed by atoms with E-state index < -0.39 is 0 Å². The quantitative estimate of drug-likeness (QED) is 0.853. The van der Waals surface area contributed by atoms with E-state index in [2.05, 4.69) is 31.3 Å². The molecule has 1 aliphatic rings. The van der Waals surface area contributed by atoms with Gasteiger partial charge in [-0.3, -0.25) is 4.90 Å². The lowest BCUT2D eigenvalue weighted by atomic mass is 10.2. The summed E-state index contributed by atoms with van der Waals surface area (Å²) in [7, 11) is 1.39. The molecule has 1 amide bonds. The Morgan fingerprint density at radius 2 is 2.40 bits per heavy atom. The molecule has 1 aliphatic heterocycles. The number of pyridine rings is 1. The molecule has 1 fully saturated rings. The van der Waals surface area contributed by atoms with Crippen LogP contribution in [0.4, 0.5) is 10.6 Å². The molecule has 2 N–H and O–H groups in total. The molecule has 2 rings (SSSR count). The number of ether oxygens (including phenoxy) is 1. The van der Waals surface area contributed by atoms with Crippen LogP contribution in [0.3, 0.4) is 0 Å². The molecule has 2 heterocycles. The molecule has 0 spiro atoms. The number of nitrogens with zero attached hydrogens (tertiary/aromatic N) is 2. The molecule has 0 saturated carbocycles. The van der Waals surface area contributed by atoms with Gasteiger partial charge in [0.1, 0.15) is 5.82 Å². The molecule has 6 heteroatoms. The maximum Gasteiger partial charge on any atom is 0.407 e. The Balaban J connectivity index is 1.81. The maximum absolute atomic E-state index is 11.2. The molecule has 20 heavy (non-hydrogen) atoms. The zero-order chi connectivity index (χ0) is 14.4. The van der Waals surface area contributed by atoms with Gasteiger partial charge in [-0.05, 0) is 25.0 Å². The SMILES string of the molecule is CCNc1ccc(CN2CCC(NC(=O)OC)C2)cn1. The van der Waals surface area contributed by atoms with Gasteiger partial charge in [-0.2, -0.15) is 0 Å². The summed E-state index contributed by atoms with van der Waals surface area (Å²) in [5.74, 6) is 0.905. The first-order chi connectivity index (χ1) is 9.71. The van der Waals surface area contributed by atoms with Gasteiger partial charge in [-0.25, -0.2) is 9.78 Å². The lowest BCUT2D eigenvalue weighted by molar-refractivity contribution is 0.166. The number of aromatic nitrogens is 1. The lowest BCUT2D eigenvalue weighted by Crippen LogP contribution is -2.36. The van der Waals surface area contributed by atoms with Crippen molar-refractivity contribution in [2.24, 2.45) is 0 Å². The van der Waals surface area contributed by atoms with Crippen LogP contribution in [-0.2, 0) is 11.3 Å². The average molecular weight is 278 g/mol. The third-order valence-electron chi connectivity index (χ3n) is 3.37. The Hall–Kier alpha value is -1.82. The third-order valence-corrected chi connectivity index (χ3v) is 3.37. The number of nitrogens with one attached hydrogen (secondary N) is 2. The fraction of sp³-hybridized carbons (Fsp3) is 0.571. The van der Waals surface area contributed by atoms with Crippen molar-refractivity contribution in [3.63, 3.8) is 0 Å². The fourth-order valence-corrected chi connectivity index (χ4v) is 2.38. The Morgan fingerprint density at radius 1 is 1.55 bits per heavy atom. The molecule has 6 nitrogen and oxygen atoms in total. The van der Waals surface area contributed by atoms with Gasteiger partial charge in [0.15, 0.2) is 0 Å². The van der Waals surface area contributed by atoms with E-state index in [1.54, 1.807) is 0 Å². The minimum Gasteiger partial charge on any atom is -0.453 e. The Bertz CT molecular complexity index is 435. The number of anilines is 1. The minimum absolute atomic E-state index is 0.177. The van der Waals surface area contributed by atoms with Crippen LogP contribution in [0.2, 0.25) is 0 Å². The van der Waals surface area contributed by atoms with Crippen LogP contribution in [0, 0.1) is 0 Å². The number of hydrogen-bond donors (Lipinski definition) is 2. The van der Waals surface area contributed by atoms with Crippen LogP contribution in [0.1, 0.15) is 18.9 Å². The fourth-order valence-electron chi connectivity index (χ4n) is 2.38. The van der Waals surface area contributed by atoms with E-state index in [0.29, 0.717) is 0 Å². The minimum atomic E-state index is -0.353. The van der Waals surface area contributed by atoms with Gasteiger partial charge in [0.05, 0.1) is 7.11 Å². The summed E-state index contributed by atoms with van der Waals surface area (Å²) in [5, 5.41) is 6.02. The van der Waals surface area contributed by atoms with E-state index >= 15 is 0 Å². The normalized spacial score (nSPS) is 18.8. The van der Waals surface area contributed by atoms with Gasteiger partial charge in [-0.15, -0.1) is 0 Å². The van der Waals surface area contributed by atoms with Crippen LogP contribution < -0.4 is 10.6 Å². The van der Waals surface area contributed by atoms with E-state index in [9.17, 15) is 4.79 Å². The average Bonchev–Trinajstić information content (AvgIpc) is 2.88.